The molecule has 20 heavy (non-hydrogen) atoms. The summed E-state index contributed by atoms with van der Waals surface area (Å²) in [6, 6.07) is 3.02. The van der Waals surface area contributed by atoms with Crippen molar-refractivity contribution >= 4 is 21.9 Å². The quantitative estimate of drug-likeness (QED) is 0.888. The van der Waals surface area contributed by atoms with Crippen molar-refractivity contribution in [2.45, 2.75) is 25.9 Å². The maximum Gasteiger partial charge on any atom is 0.335 e. The van der Waals surface area contributed by atoms with Gasteiger partial charge in [0.1, 0.15) is 6.10 Å². The number of halogens is 1. The Kier molecular flexibility index (Phi) is 5.25. The monoisotopic (exact) mass is 344 g/mol. The van der Waals surface area contributed by atoms with Gasteiger partial charge < -0.3 is 19.3 Å². The van der Waals surface area contributed by atoms with E-state index < -0.39 is 5.97 Å². The summed E-state index contributed by atoms with van der Waals surface area (Å²) in [5, 5.41) is 9.08. The Balaban J connectivity index is 2.27. The molecule has 0 aromatic heterocycles. The fourth-order valence-electron chi connectivity index (χ4n) is 2.03. The minimum absolute atomic E-state index is 0.0648. The topological polar surface area (TPSA) is 65.0 Å². The van der Waals surface area contributed by atoms with E-state index in [1.807, 2.05) is 6.92 Å². The van der Waals surface area contributed by atoms with Crippen LogP contribution in [0.5, 0.6) is 11.5 Å². The highest BCUT2D eigenvalue weighted by Crippen LogP contribution is 2.38. The predicted octanol–water partition coefficient (Wildman–Crippen LogP) is 3.10. The van der Waals surface area contributed by atoms with E-state index in [-0.39, 0.29) is 11.7 Å². The van der Waals surface area contributed by atoms with E-state index in [9.17, 15) is 4.79 Å². The Morgan fingerprint density at radius 2 is 2.15 bits per heavy atom. The molecule has 0 atom stereocenters. The van der Waals surface area contributed by atoms with Gasteiger partial charge in [0.15, 0.2) is 11.5 Å². The molecule has 1 aliphatic rings. The molecule has 0 spiro atoms. The number of carbonyl (C=O) groups is 1. The number of carboxylic acids is 1. The van der Waals surface area contributed by atoms with Gasteiger partial charge >= 0.3 is 5.97 Å². The van der Waals surface area contributed by atoms with Gasteiger partial charge in [0.2, 0.25) is 0 Å². The van der Waals surface area contributed by atoms with Crippen LogP contribution in [0.25, 0.3) is 0 Å². The fourth-order valence-corrected chi connectivity index (χ4v) is 2.56. The average molecular weight is 345 g/mol. The zero-order valence-corrected chi connectivity index (χ0v) is 12.8. The van der Waals surface area contributed by atoms with Crippen LogP contribution in [0, 0.1) is 0 Å². The lowest BCUT2D eigenvalue weighted by Gasteiger charge is -2.25. The first-order chi connectivity index (χ1) is 9.61. The molecule has 6 heteroatoms. The SMILES string of the molecule is CCOc1cc(C(=O)O)cc(Br)c1OC1CCOCC1. The third kappa shape index (κ3) is 3.64. The molecule has 1 fully saturated rings. The van der Waals surface area contributed by atoms with Gasteiger partial charge in [0.25, 0.3) is 0 Å². The van der Waals surface area contributed by atoms with Crippen molar-refractivity contribution in [1.29, 1.82) is 0 Å². The molecule has 0 amide bonds. The molecule has 2 rings (SSSR count). The summed E-state index contributed by atoms with van der Waals surface area (Å²) in [5.74, 6) is 0.0128. The molecule has 0 radical (unpaired) electrons. The van der Waals surface area contributed by atoms with Crippen LogP contribution >= 0.6 is 15.9 Å². The zero-order valence-electron chi connectivity index (χ0n) is 11.2. The summed E-state index contributed by atoms with van der Waals surface area (Å²) < 4.78 is 17.3. The van der Waals surface area contributed by atoms with E-state index in [0.29, 0.717) is 35.8 Å². The zero-order chi connectivity index (χ0) is 14.5. The molecule has 0 saturated carbocycles. The van der Waals surface area contributed by atoms with Crippen LogP contribution in [0.3, 0.4) is 0 Å². The Morgan fingerprint density at radius 1 is 1.45 bits per heavy atom. The molecular formula is C14H17BrO5. The van der Waals surface area contributed by atoms with Gasteiger partial charge in [-0.25, -0.2) is 4.79 Å². The third-order valence-electron chi connectivity index (χ3n) is 3.01. The molecule has 1 saturated heterocycles. The van der Waals surface area contributed by atoms with Crippen LogP contribution < -0.4 is 9.47 Å². The Labute approximate surface area is 126 Å². The molecule has 1 aromatic carbocycles. The van der Waals surface area contributed by atoms with Crippen LogP contribution in [0.4, 0.5) is 0 Å². The molecular weight excluding hydrogens is 328 g/mol. The predicted molar refractivity (Wildman–Crippen MR) is 76.7 cm³/mol. The lowest BCUT2D eigenvalue weighted by atomic mass is 10.1. The van der Waals surface area contributed by atoms with Crippen LogP contribution in [0.1, 0.15) is 30.1 Å². The highest BCUT2D eigenvalue weighted by molar-refractivity contribution is 9.10. The summed E-state index contributed by atoms with van der Waals surface area (Å²) >= 11 is 3.36. The van der Waals surface area contributed by atoms with E-state index in [1.54, 1.807) is 0 Å². The largest absolute Gasteiger partial charge is 0.490 e. The molecule has 0 aliphatic carbocycles. The van der Waals surface area contributed by atoms with Gasteiger partial charge in [-0.3, -0.25) is 0 Å². The van der Waals surface area contributed by atoms with Gasteiger partial charge in [-0.2, -0.15) is 0 Å². The van der Waals surface area contributed by atoms with Gasteiger partial charge in [-0.05, 0) is 35.0 Å². The molecule has 0 unspecified atom stereocenters. The number of rotatable bonds is 5. The van der Waals surface area contributed by atoms with Crippen molar-refractivity contribution in [1.82, 2.24) is 0 Å². The summed E-state index contributed by atoms with van der Waals surface area (Å²) in [4.78, 5) is 11.1. The van der Waals surface area contributed by atoms with Crippen LogP contribution in [0.15, 0.2) is 16.6 Å². The van der Waals surface area contributed by atoms with Gasteiger partial charge in [0.05, 0.1) is 29.9 Å². The second-order valence-electron chi connectivity index (χ2n) is 4.45. The normalized spacial score (nSPS) is 15.9. The smallest absolute Gasteiger partial charge is 0.335 e. The van der Waals surface area contributed by atoms with Crippen LogP contribution in [0.2, 0.25) is 0 Å². The minimum atomic E-state index is -0.996. The van der Waals surface area contributed by atoms with E-state index in [0.717, 1.165) is 12.8 Å². The lowest BCUT2D eigenvalue weighted by molar-refractivity contribution is 0.0240. The average Bonchev–Trinajstić information content (AvgIpc) is 2.43. The number of hydrogen-bond donors (Lipinski definition) is 1. The fraction of sp³-hybridized carbons (Fsp3) is 0.500. The number of benzene rings is 1. The molecule has 5 nitrogen and oxygen atoms in total. The molecule has 1 aliphatic heterocycles. The number of hydrogen-bond acceptors (Lipinski definition) is 4. The Hall–Kier alpha value is -1.27. The Morgan fingerprint density at radius 3 is 2.75 bits per heavy atom. The number of ether oxygens (including phenoxy) is 3. The summed E-state index contributed by atoms with van der Waals surface area (Å²) in [6.45, 7) is 3.65. The standard InChI is InChI=1S/C14H17BrO5/c1-2-19-12-8-9(14(16)17)7-11(15)13(12)20-10-3-5-18-6-4-10/h7-8,10H,2-6H2,1H3,(H,16,17). The van der Waals surface area contributed by atoms with Crippen molar-refractivity contribution in [3.8, 4) is 11.5 Å². The van der Waals surface area contributed by atoms with Gasteiger partial charge in [0, 0.05) is 12.8 Å². The lowest BCUT2D eigenvalue weighted by Crippen LogP contribution is -2.26. The highest BCUT2D eigenvalue weighted by atomic mass is 79.9. The summed E-state index contributed by atoms with van der Waals surface area (Å²) in [5.41, 5.74) is 0.166. The molecule has 110 valence electrons. The van der Waals surface area contributed by atoms with E-state index in [1.165, 1.54) is 12.1 Å². The summed E-state index contributed by atoms with van der Waals surface area (Å²) in [6.07, 6.45) is 1.70. The first-order valence-corrected chi connectivity index (χ1v) is 7.35. The second-order valence-corrected chi connectivity index (χ2v) is 5.31. The highest BCUT2D eigenvalue weighted by Gasteiger charge is 2.21. The van der Waals surface area contributed by atoms with Gasteiger partial charge in [-0.15, -0.1) is 0 Å². The maximum absolute atomic E-state index is 11.1. The minimum Gasteiger partial charge on any atom is -0.490 e. The van der Waals surface area contributed by atoms with E-state index >= 15 is 0 Å². The van der Waals surface area contributed by atoms with Crippen molar-refractivity contribution in [3.05, 3.63) is 22.2 Å². The van der Waals surface area contributed by atoms with Crippen LogP contribution in [-0.2, 0) is 4.74 Å². The van der Waals surface area contributed by atoms with Crippen molar-refractivity contribution < 1.29 is 24.1 Å². The van der Waals surface area contributed by atoms with Crippen molar-refractivity contribution in [2.24, 2.45) is 0 Å². The van der Waals surface area contributed by atoms with E-state index in [2.05, 4.69) is 15.9 Å². The van der Waals surface area contributed by atoms with Crippen LogP contribution in [-0.4, -0.2) is 37.0 Å². The molecule has 1 heterocycles. The number of carboxylic acid groups (broad SMARTS) is 1. The van der Waals surface area contributed by atoms with E-state index in [4.69, 9.17) is 19.3 Å². The second kappa shape index (κ2) is 6.95. The Bertz CT molecular complexity index is 483. The number of aromatic carboxylic acids is 1. The first kappa shape index (κ1) is 15.1. The van der Waals surface area contributed by atoms with Crippen molar-refractivity contribution in [2.75, 3.05) is 19.8 Å². The van der Waals surface area contributed by atoms with Gasteiger partial charge in [-0.1, -0.05) is 0 Å². The van der Waals surface area contributed by atoms with Crippen molar-refractivity contribution in [3.63, 3.8) is 0 Å². The maximum atomic E-state index is 11.1. The molecule has 1 N–H and O–H groups in total. The summed E-state index contributed by atoms with van der Waals surface area (Å²) in [7, 11) is 0. The third-order valence-corrected chi connectivity index (χ3v) is 3.60. The molecule has 1 aromatic rings. The first-order valence-electron chi connectivity index (χ1n) is 6.55. The molecule has 0 bridgehead atoms.